The number of benzene rings is 2. The van der Waals surface area contributed by atoms with Gasteiger partial charge in [0.25, 0.3) is 5.69 Å². The summed E-state index contributed by atoms with van der Waals surface area (Å²) in [6, 6.07) is 7.27. The van der Waals surface area contributed by atoms with Gasteiger partial charge >= 0.3 is 5.97 Å². The Morgan fingerprint density at radius 3 is 2.43 bits per heavy atom. The monoisotopic (exact) mass is 355 g/mol. The van der Waals surface area contributed by atoms with E-state index in [4.69, 9.17) is 9.84 Å². The summed E-state index contributed by atoms with van der Waals surface area (Å²) in [6.07, 6.45) is 0. The predicted octanol–water partition coefficient (Wildman–Crippen LogP) is 3.99. The summed E-state index contributed by atoms with van der Waals surface area (Å²) in [5, 5.41) is 19.7. The lowest BCUT2D eigenvalue weighted by Crippen LogP contribution is -2.02. The van der Waals surface area contributed by atoms with Gasteiger partial charge in [0.05, 0.1) is 9.40 Å². The second-order valence-corrected chi connectivity index (χ2v) is 4.77. The van der Waals surface area contributed by atoms with Crippen molar-refractivity contribution in [2.45, 2.75) is 0 Å². The molecule has 0 fully saturated rings. The van der Waals surface area contributed by atoms with Crippen molar-refractivity contribution < 1.29 is 24.0 Å². The van der Waals surface area contributed by atoms with Crippen LogP contribution in [0.5, 0.6) is 11.5 Å². The second-order valence-electron chi connectivity index (χ2n) is 3.92. The highest BCUT2D eigenvalue weighted by Crippen LogP contribution is 2.29. The minimum Gasteiger partial charge on any atom is -0.477 e. The first-order valence-corrected chi connectivity index (χ1v) is 6.32. The third kappa shape index (κ3) is 3.34. The fourth-order valence-corrected chi connectivity index (χ4v) is 1.83. The van der Waals surface area contributed by atoms with E-state index in [9.17, 15) is 19.3 Å². The lowest BCUT2D eigenvalue weighted by molar-refractivity contribution is -0.385. The third-order valence-electron chi connectivity index (χ3n) is 2.52. The topological polar surface area (TPSA) is 89.7 Å². The van der Waals surface area contributed by atoms with Crippen LogP contribution in [0.4, 0.5) is 10.1 Å². The van der Waals surface area contributed by atoms with Crippen molar-refractivity contribution in [1.82, 2.24) is 0 Å². The van der Waals surface area contributed by atoms with Gasteiger partial charge in [-0.1, -0.05) is 0 Å². The molecule has 0 atom stereocenters. The lowest BCUT2D eigenvalue weighted by Gasteiger charge is -2.07. The molecular weight excluding hydrogens is 349 g/mol. The molecule has 0 unspecified atom stereocenters. The molecule has 0 aliphatic carbocycles. The van der Waals surface area contributed by atoms with Gasteiger partial charge in [-0.3, -0.25) is 10.1 Å². The molecule has 0 aliphatic heterocycles. The molecule has 0 spiro atoms. The fourth-order valence-electron chi connectivity index (χ4n) is 1.59. The maximum Gasteiger partial charge on any atom is 0.342 e. The normalized spacial score (nSPS) is 10.2. The summed E-state index contributed by atoms with van der Waals surface area (Å²) in [5.74, 6) is -1.80. The number of rotatable bonds is 4. The number of hydrogen-bond donors (Lipinski definition) is 1. The standard InChI is InChI=1S/C13H7BrFNO5/c14-10-3-1-8(6-11(10)15)21-7-2-4-12(16(19)20)9(5-7)13(17)18/h1-6H,(H,17,18). The van der Waals surface area contributed by atoms with Gasteiger partial charge in [-0.2, -0.15) is 0 Å². The average molecular weight is 356 g/mol. The van der Waals surface area contributed by atoms with E-state index >= 15 is 0 Å². The van der Waals surface area contributed by atoms with Crippen molar-refractivity contribution in [3.63, 3.8) is 0 Å². The molecule has 0 aromatic heterocycles. The van der Waals surface area contributed by atoms with E-state index in [1.54, 1.807) is 0 Å². The Hall–Kier alpha value is -2.48. The van der Waals surface area contributed by atoms with E-state index < -0.39 is 28.0 Å². The molecule has 2 aromatic rings. The van der Waals surface area contributed by atoms with E-state index in [2.05, 4.69) is 15.9 Å². The van der Waals surface area contributed by atoms with Gasteiger partial charge in [0.2, 0.25) is 0 Å². The third-order valence-corrected chi connectivity index (χ3v) is 3.17. The Morgan fingerprint density at radius 2 is 1.86 bits per heavy atom. The van der Waals surface area contributed by atoms with Crippen LogP contribution in [0.25, 0.3) is 0 Å². The van der Waals surface area contributed by atoms with Crippen molar-refractivity contribution >= 4 is 27.6 Å². The quantitative estimate of drug-likeness (QED) is 0.661. The van der Waals surface area contributed by atoms with Crippen LogP contribution in [0.15, 0.2) is 40.9 Å². The zero-order valence-corrected chi connectivity index (χ0v) is 11.8. The summed E-state index contributed by atoms with van der Waals surface area (Å²) in [4.78, 5) is 20.9. The molecule has 0 radical (unpaired) electrons. The van der Waals surface area contributed by atoms with E-state index in [1.165, 1.54) is 18.2 Å². The van der Waals surface area contributed by atoms with Crippen LogP contribution in [-0.4, -0.2) is 16.0 Å². The Balaban J connectivity index is 2.36. The van der Waals surface area contributed by atoms with E-state index in [-0.39, 0.29) is 16.0 Å². The number of aromatic carboxylic acids is 1. The zero-order valence-electron chi connectivity index (χ0n) is 10.2. The van der Waals surface area contributed by atoms with Crippen LogP contribution in [-0.2, 0) is 0 Å². The highest BCUT2D eigenvalue weighted by molar-refractivity contribution is 9.10. The van der Waals surface area contributed by atoms with Crippen molar-refractivity contribution in [3.05, 3.63) is 62.4 Å². The number of carboxylic acids is 1. The molecule has 2 rings (SSSR count). The van der Waals surface area contributed by atoms with Gasteiger partial charge in [-0.15, -0.1) is 0 Å². The van der Waals surface area contributed by atoms with Crippen LogP contribution in [0.2, 0.25) is 0 Å². The minimum atomic E-state index is -1.45. The van der Waals surface area contributed by atoms with Crippen molar-refractivity contribution in [3.8, 4) is 11.5 Å². The number of nitrogens with zero attached hydrogens (tertiary/aromatic N) is 1. The summed E-state index contributed by atoms with van der Waals surface area (Å²) in [5.41, 5.74) is -1.05. The molecule has 2 aromatic carbocycles. The Kier molecular flexibility index (Phi) is 4.18. The molecule has 0 aliphatic rings. The highest BCUT2D eigenvalue weighted by atomic mass is 79.9. The molecule has 0 saturated heterocycles. The number of carbonyl (C=O) groups is 1. The number of nitro groups is 1. The molecule has 21 heavy (non-hydrogen) atoms. The lowest BCUT2D eigenvalue weighted by atomic mass is 10.1. The first-order valence-electron chi connectivity index (χ1n) is 5.53. The summed E-state index contributed by atoms with van der Waals surface area (Å²) >= 11 is 2.99. The van der Waals surface area contributed by atoms with Crippen LogP contribution in [0.3, 0.4) is 0 Å². The Morgan fingerprint density at radius 1 is 1.24 bits per heavy atom. The van der Waals surface area contributed by atoms with Crippen LogP contribution >= 0.6 is 15.9 Å². The van der Waals surface area contributed by atoms with E-state index in [0.29, 0.717) is 0 Å². The SMILES string of the molecule is O=C(O)c1cc(Oc2ccc(Br)c(F)c2)ccc1[N+](=O)[O-]. The van der Waals surface area contributed by atoms with Crippen LogP contribution < -0.4 is 4.74 Å². The van der Waals surface area contributed by atoms with Gasteiger partial charge in [-0.25, -0.2) is 9.18 Å². The summed E-state index contributed by atoms with van der Waals surface area (Å²) in [7, 11) is 0. The molecule has 1 N–H and O–H groups in total. The Bertz CT molecular complexity index is 734. The van der Waals surface area contributed by atoms with Gasteiger partial charge in [0.1, 0.15) is 22.9 Å². The minimum absolute atomic E-state index is 0.0553. The molecule has 0 heterocycles. The van der Waals surface area contributed by atoms with Crippen molar-refractivity contribution in [2.24, 2.45) is 0 Å². The summed E-state index contributed by atoms with van der Waals surface area (Å²) in [6.45, 7) is 0. The first kappa shape index (κ1) is 14.9. The molecule has 108 valence electrons. The van der Waals surface area contributed by atoms with Gasteiger partial charge < -0.3 is 9.84 Å². The number of halogens is 2. The van der Waals surface area contributed by atoms with E-state index in [1.807, 2.05) is 0 Å². The van der Waals surface area contributed by atoms with Crippen LogP contribution in [0.1, 0.15) is 10.4 Å². The number of hydrogen-bond acceptors (Lipinski definition) is 4. The average Bonchev–Trinajstić information content (AvgIpc) is 2.42. The van der Waals surface area contributed by atoms with Crippen molar-refractivity contribution in [1.29, 1.82) is 0 Å². The molecule has 6 nitrogen and oxygen atoms in total. The molecule has 0 bridgehead atoms. The molecular formula is C13H7BrFNO5. The Labute approximate surface area is 126 Å². The first-order chi connectivity index (χ1) is 9.88. The highest BCUT2D eigenvalue weighted by Gasteiger charge is 2.20. The number of ether oxygens (including phenoxy) is 1. The second kappa shape index (κ2) is 5.88. The van der Waals surface area contributed by atoms with Crippen LogP contribution in [0, 0.1) is 15.9 Å². The number of carboxylic acid groups (broad SMARTS) is 1. The maximum absolute atomic E-state index is 13.3. The zero-order chi connectivity index (χ0) is 15.6. The molecule has 0 amide bonds. The van der Waals surface area contributed by atoms with Gasteiger partial charge in [-0.05, 0) is 34.1 Å². The van der Waals surface area contributed by atoms with Gasteiger partial charge in [0, 0.05) is 18.2 Å². The maximum atomic E-state index is 13.3. The van der Waals surface area contributed by atoms with Crippen molar-refractivity contribution in [2.75, 3.05) is 0 Å². The predicted molar refractivity (Wildman–Crippen MR) is 74.2 cm³/mol. The summed E-state index contributed by atoms with van der Waals surface area (Å²) < 4.78 is 18.9. The largest absolute Gasteiger partial charge is 0.477 e. The van der Waals surface area contributed by atoms with Gasteiger partial charge in [0.15, 0.2) is 0 Å². The smallest absolute Gasteiger partial charge is 0.342 e. The molecule has 8 heteroatoms. The number of nitro benzene ring substituents is 1. The van der Waals surface area contributed by atoms with E-state index in [0.717, 1.165) is 18.2 Å². The molecule has 0 saturated carbocycles. The fraction of sp³-hybridized carbons (Fsp3) is 0.